The van der Waals surface area contributed by atoms with E-state index in [1.165, 1.54) is 6.07 Å². The van der Waals surface area contributed by atoms with Crippen molar-refractivity contribution < 1.29 is 14.4 Å². The van der Waals surface area contributed by atoms with Crippen molar-refractivity contribution in [3.8, 4) is 5.75 Å². The molecule has 0 fully saturated rings. The highest BCUT2D eigenvalue weighted by Crippen LogP contribution is 2.32. The Hall–Kier alpha value is -3.38. The van der Waals surface area contributed by atoms with Gasteiger partial charge >= 0.3 is 0 Å². The van der Waals surface area contributed by atoms with Crippen LogP contribution >= 0.6 is 0 Å². The molecule has 0 radical (unpaired) electrons. The van der Waals surface area contributed by atoms with Crippen LogP contribution in [0.4, 0.5) is 17.1 Å². The van der Waals surface area contributed by atoms with E-state index in [9.17, 15) is 10.1 Å². The van der Waals surface area contributed by atoms with Crippen LogP contribution in [0.2, 0.25) is 0 Å². The first-order valence-corrected chi connectivity index (χ1v) is 8.86. The summed E-state index contributed by atoms with van der Waals surface area (Å²) in [6.45, 7) is 0.494. The summed E-state index contributed by atoms with van der Waals surface area (Å²) in [5.41, 5.74) is 2.69. The van der Waals surface area contributed by atoms with Crippen LogP contribution < -0.4 is 9.64 Å². The van der Waals surface area contributed by atoms with Gasteiger partial charge in [0, 0.05) is 30.6 Å². The molecule has 3 rings (SSSR count). The summed E-state index contributed by atoms with van der Waals surface area (Å²) in [6, 6.07) is 24.1. The largest absolute Gasteiger partial charge is 0.497 e. The quantitative estimate of drug-likeness (QED) is 0.402. The van der Waals surface area contributed by atoms with E-state index in [-0.39, 0.29) is 16.7 Å². The standard InChI is InChI=1S/C22H22N2O4/c1-27-21-13-11-18(12-14-21)23(19-9-6-10-20(15-19)24(25)26)16-22(28-2)17-7-4-3-5-8-17/h3-15,22H,16H2,1-2H3. The normalized spacial score (nSPS) is 11.6. The molecule has 28 heavy (non-hydrogen) atoms. The molecule has 0 aliphatic rings. The summed E-state index contributed by atoms with van der Waals surface area (Å²) in [6.07, 6.45) is -0.206. The average Bonchev–Trinajstić information content (AvgIpc) is 2.75. The lowest BCUT2D eigenvalue weighted by Gasteiger charge is -2.29. The third-order valence-electron chi connectivity index (χ3n) is 4.54. The molecule has 3 aromatic carbocycles. The first-order chi connectivity index (χ1) is 13.6. The van der Waals surface area contributed by atoms with Gasteiger partial charge in [-0.1, -0.05) is 36.4 Å². The lowest BCUT2D eigenvalue weighted by atomic mass is 10.1. The van der Waals surface area contributed by atoms with Gasteiger partial charge in [0.1, 0.15) is 5.75 Å². The number of benzene rings is 3. The monoisotopic (exact) mass is 378 g/mol. The summed E-state index contributed by atoms with van der Waals surface area (Å²) in [5.74, 6) is 0.745. The molecule has 0 aliphatic carbocycles. The van der Waals surface area contributed by atoms with Crippen LogP contribution in [0.15, 0.2) is 78.9 Å². The molecule has 6 heteroatoms. The molecule has 0 bridgehead atoms. The summed E-state index contributed by atoms with van der Waals surface area (Å²) in [5, 5.41) is 11.2. The predicted octanol–water partition coefficient (Wildman–Crippen LogP) is 5.13. The van der Waals surface area contributed by atoms with Crippen LogP contribution in [0.1, 0.15) is 11.7 Å². The molecule has 0 heterocycles. The molecular weight excluding hydrogens is 356 g/mol. The van der Waals surface area contributed by atoms with E-state index in [0.717, 1.165) is 22.7 Å². The van der Waals surface area contributed by atoms with Crippen molar-refractivity contribution in [3.63, 3.8) is 0 Å². The summed E-state index contributed by atoms with van der Waals surface area (Å²) < 4.78 is 11.0. The maximum atomic E-state index is 11.2. The van der Waals surface area contributed by atoms with E-state index < -0.39 is 0 Å². The lowest BCUT2D eigenvalue weighted by molar-refractivity contribution is -0.384. The number of nitro groups is 1. The van der Waals surface area contributed by atoms with E-state index in [1.54, 1.807) is 26.4 Å². The zero-order valence-electron chi connectivity index (χ0n) is 15.8. The van der Waals surface area contributed by atoms with Crippen molar-refractivity contribution in [2.45, 2.75) is 6.10 Å². The Morgan fingerprint density at radius 2 is 1.64 bits per heavy atom. The Morgan fingerprint density at radius 1 is 0.929 bits per heavy atom. The van der Waals surface area contributed by atoms with Crippen molar-refractivity contribution in [2.24, 2.45) is 0 Å². The number of non-ortho nitro benzene ring substituents is 1. The van der Waals surface area contributed by atoms with Crippen LogP contribution in [0.5, 0.6) is 5.75 Å². The number of hydrogen-bond acceptors (Lipinski definition) is 5. The summed E-state index contributed by atoms with van der Waals surface area (Å²) >= 11 is 0. The van der Waals surface area contributed by atoms with E-state index in [1.807, 2.05) is 65.6 Å². The Morgan fingerprint density at radius 3 is 2.25 bits per heavy atom. The molecule has 1 unspecified atom stereocenters. The molecule has 0 amide bonds. The molecular formula is C22H22N2O4. The fraction of sp³-hybridized carbons (Fsp3) is 0.182. The minimum absolute atomic E-state index is 0.0460. The number of methoxy groups -OCH3 is 2. The Kier molecular flexibility index (Phi) is 6.24. The fourth-order valence-electron chi connectivity index (χ4n) is 3.05. The average molecular weight is 378 g/mol. The highest BCUT2D eigenvalue weighted by Gasteiger charge is 2.19. The van der Waals surface area contributed by atoms with Crippen LogP contribution in [0, 0.1) is 10.1 Å². The highest BCUT2D eigenvalue weighted by molar-refractivity contribution is 5.66. The molecule has 3 aromatic rings. The maximum Gasteiger partial charge on any atom is 0.271 e. The minimum Gasteiger partial charge on any atom is -0.497 e. The second-order valence-corrected chi connectivity index (χ2v) is 6.22. The molecule has 6 nitrogen and oxygen atoms in total. The topological polar surface area (TPSA) is 64.8 Å². The second-order valence-electron chi connectivity index (χ2n) is 6.22. The van der Waals surface area contributed by atoms with Gasteiger partial charge in [0.2, 0.25) is 0 Å². The number of anilines is 2. The van der Waals surface area contributed by atoms with Gasteiger partial charge in [-0.15, -0.1) is 0 Å². The van der Waals surface area contributed by atoms with E-state index in [2.05, 4.69) is 0 Å². The molecule has 0 aliphatic heterocycles. The zero-order valence-corrected chi connectivity index (χ0v) is 15.8. The van der Waals surface area contributed by atoms with Gasteiger partial charge in [-0.2, -0.15) is 0 Å². The summed E-state index contributed by atoms with van der Waals surface area (Å²) in [7, 11) is 3.28. The molecule has 144 valence electrons. The van der Waals surface area contributed by atoms with E-state index >= 15 is 0 Å². The van der Waals surface area contributed by atoms with Crippen molar-refractivity contribution in [1.29, 1.82) is 0 Å². The van der Waals surface area contributed by atoms with Crippen LogP contribution in [-0.2, 0) is 4.74 Å². The molecule has 0 N–H and O–H groups in total. The number of hydrogen-bond donors (Lipinski definition) is 0. The molecule has 1 atom stereocenters. The minimum atomic E-state index is -0.388. The van der Waals surface area contributed by atoms with Gasteiger partial charge in [0.25, 0.3) is 5.69 Å². The van der Waals surface area contributed by atoms with Crippen molar-refractivity contribution in [3.05, 3.63) is 94.5 Å². The van der Waals surface area contributed by atoms with E-state index in [4.69, 9.17) is 9.47 Å². The molecule has 0 aromatic heterocycles. The van der Waals surface area contributed by atoms with Gasteiger partial charge in [0.15, 0.2) is 0 Å². The number of nitrogens with zero attached hydrogens (tertiary/aromatic N) is 2. The van der Waals surface area contributed by atoms with Crippen molar-refractivity contribution >= 4 is 17.1 Å². The Bertz CT molecular complexity index is 913. The van der Waals surface area contributed by atoms with Crippen LogP contribution in [0.25, 0.3) is 0 Å². The van der Waals surface area contributed by atoms with Gasteiger partial charge in [-0.3, -0.25) is 10.1 Å². The van der Waals surface area contributed by atoms with Gasteiger partial charge in [0.05, 0.1) is 24.7 Å². The summed E-state index contributed by atoms with van der Waals surface area (Å²) in [4.78, 5) is 12.9. The number of nitro benzene ring substituents is 1. The fourth-order valence-corrected chi connectivity index (χ4v) is 3.05. The number of ether oxygens (including phenoxy) is 2. The highest BCUT2D eigenvalue weighted by atomic mass is 16.6. The first-order valence-electron chi connectivity index (χ1n) is 8.86. The van der Waals surface area contributed by atoms with Gasteiger partial charge in [-0.25, -0.2) is 0 Å². The SMILES string of the molecule is COc1ccc(N(CC(OC)c2ccccc2)c2cccc([N+](=O)[O-])c2)cc1. The van der Waals surface area contributed by atoms with Gasteiger partial charge in [-0.05, 0) is 35.9 Å². The Balaban J connectivity index is 2.00. The molecule has 0 spiro atoms. The smallest absolute Gasteiger partial charge is 0.271 e. The second kappa shape index (κ2) is 9.01. The van der Waals surface area contributed by atoms with E-state index in [0.29, 0.717) is 6.54 Å². The van der Waals surface area contributed by atoms with Crippen LogP contribution in [-0.4, -0.2) is 25.7 Å². The molecule has 0 saturated carbocycles. The maximum absolute atomic E-state index is 11.2. The van der Waals surface area contributed by atoms with Crippen LogP contribution in [0.3, 0.4) is 0 Å². The molecule has 0 saturated heterocycles. The third-order valence-corrected chi connectivity index (χ3v) is 4.54. The van der Waals surface area contributed by atoms with Crippen molar-refractivity contribution in [2.75, 3.05) is 25.7 Å². The number of rotatable bonds is 8. The van der Waals surface area contributed by atoms with Gasteiger partial charge < -0.3 is 14.4 Å². The Labute approximate surface area is 164 Å². The zero-order chi connectivity index (χ0) is 19.9. The third kappa shape index (κ3) is 4.47. The first kappa shape index (κ1) is 19.4. The lowest BCUT2D eigenvalue weighted by Crippen LogP contribution is -2.25. The van der Waals surface area contributed by atoms with Crippen molar-refractivity contribution in [1.82, 2.24) is 0 Å². The predicted molar refractivity (Wildman–Crippen MR) is 109 cm³/mol.